The predicted molar refractivity (Wildman–Crippen MR) is 80.4 cm³/mol. The van der Waals surface area contributed by atoms with Gasteiger partial charge in [0, 0.05) is 13.1 Å². The number of ether oxygens (including phenoxy) is 2. The normalized spacial score (nSPS) is 20.1. The lowest BCUT2D eigenvalue weighted by molar-refractivity contribution is -0.176. The smallest absolute Gasteiger partial charge is 0.226 e. The van der Waals surface area contributed by atoms with E-state index < -0.39 is 0 Å². The van der Waals surface area contributed by atoms with Crippen LogP contribution in [0.15, 0.2) is 24.3 Å². The Morgan fingerprint density at radius 1 is 1.29 bits per heavy atom. The van der Waals surface area contributed by atoms with E-state index in [1.807, 2.05) is 36.1 Å². The molecule has 0 radical (unpaired) electrons. The van der Waals surface area contributed by atoms with Crippen LogP contribution in [0.4, 0.5) is 0 Å². The molecule has 2 saturated heterocycles. The Balaban J connectivity index is 1.41. The molecule has 1 spiro atoms. The first kappa shape index (κ1) is 14.4. The topological polar surface area (TPSA) is 38.8 Å². The van der Waals surface area contributed by atoms with Gasteiger partial charge in [0.2, 0.25) is 5.91 Å². The molecule has 4 heteroatoms. The number of hydrogen-bond acceptors (Lipinski definition) is 3. The molecule has 1 aromatic rings. The molecule has 4 nitrogen and oxygen atoms in total. The second-order valence-electron chi connectivity index (χ2n) is 6.03. The average Bonchev–Trinajstić information content (AvgIpc) is 2.47. The zero-order chi connectivity index (χ0) is 14.7. The van der Waals surface area contributed by atoms with E-state index in [4.69, 9.17) is 9.47 Å². The van der Waals surface area contributed by atoms with Crippen LogP contribution in [0.2, 0.25) is 0 Å². The van der Waals surface area contributed by atoms with Gasteiger partial charge in [-0.15, -0.1) is 0 Å². The van der Waals surface area contributed by atoms with Crippen molar-refractivity contribution >= 4 is 5.91 Å². The van der Waals surface area contributed by atoms with Crippen molar-refractivity contribution in [3.63, 3.8) is 0 Å². The molecule has 2 fully saturated rings. The Labute approximate surface area is 126 Å². The van der Waals surface area contributed by atoms with Crippen molar-refractivity contribution in [2.45, 2.75) is 38.2 Å². The lowest BCUT2D eigenvalue weighted by Gasteiger charge is -2.47. The number of amides is 1. The number of carbonyl (C=O) groups excluding carboxylic acids is 1. The van der Waals surface area contributed by atoms with Crippen molar-refractivity contribution < 1.29 is 14.3 Å². The van der Waals surface area contributed by atoms with Crippen molar-refractivity contribution in [1.29, 1.82) is 0 Å². The van der Waals surface area contributed by atoms with Gasteiger partial charge in [-0.25, -0.2) is 0 Å². The lowest BCUT2D eigenvalue weighted by Crippen LogP contribution is -2.53. The zero-order valence-corrected chi connectivity index (χ0v) is 12.6. The molecule has 2 heterocycles. The molecule has 3 rings (SSSR count). The van der Waals surface area contributed by atoms with Gasteiger partial charge in [0.05, 0.1) is 25.2 Å². The standard InChI is InChI=1S/C17H23NO3/c1-14-4-2-3-5-15(14)20-12-6-16(19)18-10-7-17(8-11-18)9-13-21-17/h2-5H,6-13H2,1H3. The summed E-state index contributed by atoms with van der Waals surface area (Å²) in [5, 5.41) is 0. The number of likely N-dealkylation sites (tertiary alicyclic amines) is 1. The average molecular weight is 289 g/mol. The Bertz CT molecular complexity index is 501. The quantitative estimate of drug-likeness (QED) is 0.855. The third kappa shape index (κ3) is 3.21. The molecule has 1 aromatic carbocycles. The van der Waals surface area contributed by atoms with E-state index in [-0.39, 0.29) is 11.5 Å². The lowest BCUT2D eigenvalue weighted by atomic mass is 9.84. The molecule has 114 valence electrons. The van der Waals surface area contributed by atoms with Crippen LogP contribution in [0.25, 0.3) is 0 Å². The van der Waals surface area contributed by atoms with Gasteiger partial charge in [0.15, 0.2) is 0 Å². The van der Waals surface area contributed by atoms with Crippen molar-refractivity contribution in [2.75, 3.05) is 26.3 Å². The van der Waals surface area contributed by atoms with E-state index in [1.165, 1.54) is 0 Å². The highest BCUT2D eigenvalue weighted by atomic mass is 16.5. The molecule has 0 atom stereocenters. The van der Waals surface area contributed by atoms with Crippen molar-refractivity contribution in [3.8, 4) is 5.75 Å². The molecule has 0 N–H and O–H groups in total. The van der Waals surface area contributed by atoms with Gasteiger partial charge in [0.25, 0.3) is 0 Å². The van der Waals surface area contributed by atoms with Gasteiger partial charge < -0.3 is 14.4 Å². The third-order valence-corrected chi connectivity index (χ3v) is 4.66. The molecule has 0 unspecified atom stereocenters. The summed E-state index contributed by atoms with van der Waals surface area (Å²) in [7, 11) is 0. The second kappa shape index (κ2) is 6.06. The summed E-state index contributed by atoms with van der Waals surface area (Å²) >= 11 is 0. The van der Waals surface area contributed by atoms with Gasteiger partial charge in [-0.3, -0.25) is 4.79 Å². The summed E-state index contributed by atoms with van der Waals surface area (Å²) in [4.78, 5) is 14.1. The number of para-hydroxylation sites is 1. The monoisotopic (exact) mass is 289 g/mol. The summed E-state index contributed by atoms with van der Waals surface area (Å²) in [6, 6.07) is 7.89. The number of benzene rings is 1. The Kier molecular flexibility index (Phi) is 4.15. The first-order valence-electron chi connectivity index (χ1n) is 7.79. The SMILES string of the molecule is Cc1ccccc1OCCC(=O)N1CCC2(CCO2)CC1. The highest BCUT2D eigenvalue weighted by molar-refractivity contribution is 5.76. The predicted octanol–water partition coefficient (Wildman–Crippen LogP) is 2.55. The number of nitrogens with zero attached hydrogens (tertiary/aromatic N) is 1. The summed E-state index contributed by atoms with van der Waals surface area (Å²) in [5.41, 5.74) is 1.21. The minimum absolute atomic E-state index is 0.106. The molecule has 2 aliphatic heterocycles. The minimum Gasteiger partial charge on any atom is -0.493 e. The Hall–Kier alpha value is -1.55. The van der Waals surface area contributed by atoms with E-state index in [2.05, 4.69) is 0 Å². The van der Waals surface area contributed by atoms with Crippen LogP contribution in [0.1, 0.15) is 31.2 Å². The first-order valence-corrected chi connectivity index (χ1v) is 7.79. The van der Waals surface area contributed by atoms with E-state index in [0.29, 0.717) is 13.0 Å². The van der Waals surface area contributed by atoms with Gasteiger partial charge >= 0.3 is 0 Å². The number of carbonyl (C=O) groups is 1. The second-order valence-corrected chi connectivity index (χ2v) is 6.03. The molecular weight excluding hydrogens is 266 g/mol. The fourth-order valence-electron chi connectivity index (χ4n) is 3.07. The van der Waals surface area contributed by atoms with Gasteiger partial charge in [-0.1, -0.05) is 18.2 Å². The van der Waals surface area contributed by atoms with Crippen LogP contribution in [0.3, 0.4) is 0 Å². The Morgan fingerprint density at radius 3 is 2.62 bits per heavy atom. The van der Waals surface area contributed by atoms with Crippen LogP contribution in [0.5, 0.6) is 5.75 Å². The number of aryl methyl sites for hydroxylation is 1. The Morgan fingerprint density at radius 2 is 2.00 bits per heavy atom. The van der Waals surface area contributed by atoms with Crippen LogP contribution in [-0.4, -0.2) is 42.7 Å². The molecule has 0 saturated carbocycles. The highest BCUT2D eigenvalue weighted by Gasteiger charge is 2.41. The van der Waals surface area contributed by atoms with E-state index >= 15 is 0 Å². The molecular formula is C17H23NO3. The van der Waals surface area contributed by atoms with E-state index in [1.54, 1.807) is 0 Å². The van der Waals surface area contributed by atoms with Gasteiger partial charge in [-0.2, -0.15) is 0 Å². The van der Waals surface area contributed by atoms with Crippen LogP contribution >= 0.6 is 0 Å². The highest BCUT2D eigenvalue weighted by Crippen LogP contribution is 2.36. The number of piperidine rings is 1. The maximum atomic E-state index is 12.2. The largest absolute Gasteiger partial charge is 0.493 e. The number of rotatable bonds is 4. The summed E-state index contributed by atoms with van der Waals surface area (Å²) < 4.78 is 11.4. The van der Waals surface area contributed by atoms with Crippen molar-refractivity contribution in [1.82, 2.24) is 4.90 Å². The molecule has 2 aliphatic rings. The molecule has 0 aromatic heterocycles. The van der Waals surface area contributed by atoms with E-state index in [0.717, 1.165) is 50.3 Å². The minimum atomic E-state index is 0.106. The van der Waals surface area contributed by atoms with Gasteiger partial charge in [-0.05, 0) is 37.8 Å². The summed E-state index contributed by atoms with van der Waals surface area (Å²) in [6.45, 7) is 4.99. The van der Waals surface area contributed by atoms with Crippen molar-refractivity contribution in [2.24, 2.45) is 0 Å². The first-order chi connectivity index (χ1) is 10.2. The maximum absolute atomic E-state index is 12.2. The molecule has 1 amide bonds. The van der Waals surface area contributed by atoms with E-state index in [9.17, 15) is 4.79 Å². The zero-order valence-electron chi connectivity index (χ0n) is 12.6. The third-order valence-electron chi connectivity index (χ3n) is 4.66. The van der Waals surface area contributed by atoms with Gasteiger partial charge in [0.1, 0.15) is 5.75 Å². The summed E-state index contributed by atoms with van der Waals surface area (Å²) in [5.74, 6) is 1.06. The fraction of sp³-hybridized carbons (Fsp3) is 0.588. The fourth-order valence-corrected chi connectivity index (χ4v) is 3.07. The molecule has 0 bridgehead atoms. The van der Waals surface area contributed by atoms with Crippen LogP contribution in [-0.2, 0) is 9.53 Å². The van der Waals surface area contributed by atoms with Crippen molar-refractivity contribution in [3.05, 3.63) is 29.8 Å². The molecule has 21 heavy (non-hydrogen) atoms. The van der Waals surface area contributed by atoms with Crippen LogP contribution in [0, 0.1) is 6.92 Å². The maximum Gasteiger partial charge on any atom is 0.226 e. The summed E-state index contributed by atoms with van der Waals surface area (Å²) in [6.07, 6.45) is 3.57. The molecule has 0 aliphatic carbocycles. The number of hydrogen-bond donors (Lipinski definition) is 0. The van der Waals surface area contributed by atoms with Crippen LogP contribution < -0.4 is 4.74 Å².